The van der Waals surface area contributed by atoms with Gasteiger partial charge in [0.25, 0.3) is 0 Å². The van der Waals surface area contributed by atoms with Gasteiger partial charge in [-0.25, -0.2) is 13.6 Å². The monoisotopic (exact) mass is 339 g/mol. The van der Waals surface area contributed by atoms with Crippen LogP contribution in [0.3, 0.4) is 0 Å². The molecule has 7 heteroatoms. The van der Waals surface area contributed by atoms with Crippen LogP contribution < -0.4 is 9.88 Å². The van der Waals surface area contributed by atoms with Gasteiger partial charge in [0, 0.05) is 0 Å². The molecule has 0 amide bonds. The zero-order valence-electron chi connectivity index (χ0n) is 12.8. The van der Waals surface area contributed by atoms with Gasteiger partial charge in [-0.3, -0.25) is 4.79 Å². The average molecular weight is 339 g/mol. The first-order valence-electron chi connectivity index (χ1n) is 7.86. The molecule has 0 saturated heterocycles. The highest BCUT2D eigenvalue weighted by Crippen LogP contribution is 2.48. The molecule has 126 valence electrons. The molecule has 2 aliphatic carbocycles. The number of carbonyl (C=O) groups excluding carboxylic acids is 1. The van der Waals surface area contributed by atoms with Gasteiger partial charge in [-0.15, -0.1) is 0 Å². The zero-order valence-corrected chi connectivity index (χ0v) is 13.6. The van der Waals surface area contributed by atoms with E-state index in [-0.39, 0.29) is 30.0 Å². The Morgan fingerprint density at radius 2 is 1.87 bits per heavy atom. The highest BCUT2D eigenvalue weighted by atomic mass is 32.2. The fourth-order valence-corrected chi connectivity index (χ4v) is 4.18. The Bertz CT molecular complexity index is 670. The first kappa shape index (κ1) is 16.3. The lowest BCUT2D eigenvalue weighted by Crippen LogP contribution is -2.24. The first-order chi connectivity index (χ1) is 10.9. The summed E-state index contributed by atoms with van der Waals surface area (Å²) in [6, 6.07) is 5.81. The van der Waals surface area contributed by atoms with Crippen LogP contribution in [0.15, 0.2) is 29.2 Å². The Labute approximate surface area is 136 Å². The van der Waals surface area contributed by atoms with E-state index < -0.39 is 10.0 Å². The van der Waals surface area contributed by atoms with Gasteiger partial charge in [-0.2, -0.15) is 0 Å². The number of esters is 1. The maximum atomic E-state index is 12.0. The van der Waals surface area contributed by atoms with Gasteiger partial charge in [-0.1, -0.05) is 6.42 Å². The quantitative estimate of drug-likeness (QED) is 0.628. The molecule has 0 radical (unpaired) electrons. The summed E-state index contributed by atoms with van der Waals surface area (Å²) in [6.07, 6.45) is 4.55. The molecule has 2 aliphatic rings. The second kappa shape index (κ2) is 6.49. The lowest BCUT2D eigenvalue weighted by atomic mass is 9.89. The van der Waals surface area contributed by atoms with Crippen LogP contribution >= 0.6 is 0 Å². The van der Waals surface area contributed by atoms with Crippen molar-refractivity contribution in [2.45, 2.75) is 30.6 Å². The van der Waals surface area contributed by atoms with Crippen molar-refractivity contribution in [2.75, 3.05) is 13.2 Å². The van der Waals surface area contributed by atoms with E-state index in [9.17, 15) is 13.2 Å². The minimum Gasteiger partial charge on any atom is -0.490 e. The van der Waals surface area contributed by atoms with Crippen molar-refractivity contribution in [3.05, 3.63) is 24.3 Å². The number of hydrogen-bond donors (Lipinski definition) is 1. The molecular weight excluding hydrogens is 318 g/mol. The van der Waals surface area contributed by atoms with Crippen molar-refractivity contribution in [2.24, 2.45) is 22.9 Å². The first-order valence-corrected chi connectivity index (χ1v) is 9.40. The molecule has 0 unspecified atom stereocenters. The van der Waals surface area contributed by atoms with Crippen LogP contribution in [0, 0.1) is 17.8 Å². The predicted molar refractivity (Wildman–Crippen MR) is 83.2 cm³/mol. The van der Waals surface area contributed by atoms with Crippen molar-refractivity contribution in [3.8, 4) is 5.75 Å². The summed E-state index contributed by atoms with van der Waals surface area (Å²) in [5.41, 5.74) is 0. The Morgan fingerprint density at radius 1 is 1.13 bits per heavy atom. The van der Waals surface area contributed by atoms with Crippen LogP contribution in [0.1, 0.15) is 25.7 Å². The molecule has 0 aliphatic heterocycles. The van der Waals surface area contributed by atoms with Crippen molar-refractivity contribution < 1.29 is 22.7 Å². The van der Waals surface area contributed by atoms with Gasteiger partial charge in [0.15, 0.2) is 0 Å². The maximum Gasteiger partial charge on any atom is 0.309 e. The van der Waals surface area contributed by atoms with Crippen molar-refractivity contribution in [1.29, 1.82) is 0 Å². The molecular formula is C16H21NO5S. The average Bonchev–Trinajstić information content (AvgIpc) is 3.14. The third-order valence-corrected chi connectivity index (χ3v) is 5.72. The zero-order chi connectivity index (χ0) is 16.4. The van der Waals surface area contributed by atoms with Crippen molar-refractivity contribution in [1.82, 2.24) is 0 Å². The van der Waals surface area contributed by atoms with Crippen LogP contribution in [-0.2, 0) is 19.6 Å². The molecule has 0 heterocycles. The fraction of sp³-hybridized carbons (Fsp3) is 0.562. The van der Waals surface area contributed by atoms with E-state index in [0.717, 1.165) is 12.8 Å². The van der Waals surface area contributed by atoms with Gasteiger partial charge in [0.2, 0.25) is 10.0 Å². The summed E-state index contributed by atoms with van der Waals surface area (Å²) in [6.45, 7) is 0.435. The van der Waals surface area contributed by atoms with E-state index >= 15 is 0 Å². The van der Waals surface area contributed by atoms with E-state index in [2.05, 4.69) is 0 Å². The topological polar surface area (TPSA) is 95.7 Å². The number of carbonyl (C=O) groups is 1. The van der Waals surface area contributed by atoms with Crippen molar-refractivity contribution >= 4 is 16.0 Å². The molecule has 0 spiro atoms. The van der Waals surface area contributed by atoms with Gasteiger partial charge in [0.1, 0.15) is 19.0 Å². The SMILES string of the molecule is NS(=O)(=O)c1ccc(OCCOC(=O)[C@H]2C[C@H]3CC[C@H]2C3)cc1. The Morgan fingerprint density at radius 3 is 2.43 bits per heavy atom. The van der Waals surface area contributed by atoms with Gasteiger partial charge < -0.3 is 9.47 Å². The summed E-state index contributed by atoms with van der Waals surface area (Å²) in [5, 5.41) is 5.02. The van der Waals surface area contributed by atoms with Crippen LogP contribution in [0.25, 0.3) is 0 Å². The standard InChI is InChI=1S/C16H21NO5S/c17-23(19,20)14-5-3-13(4-6-14)21-7-8-22-16(18)15-10-11-1-2-12(15)9-11/h3-6,11-12,15H,1-2,7-10H2,(H2,17,19,20)/t11-,12-,15-/m0/s1. The molecule has 1 aromatic rings. The number of hydrogen-bond acceptors (Lipinski definition) is 5. The van der Waals surface area contributed by atoms with Gasteiger partial charge >= 0.3 is 5.97 Å². The minimum atomic E-state index is -3.69. The molecule has 3 rings (SSSR count). The molecule has 2 bridgehead atoms. The lowest BCUT2D eigenvalue weighted by molar-refractivity contribution is -0.151. The summed E-state index contributed by atoms with van der Waals surface area (Å²) < 4.78 is 33.0. The van der Waals surface area contributed by atoms with Gasteiger partial charge in [-0.05, 0) is 55.4 Å². The van der Waals surface area contributed by atoms with Crippen LogP contribution in [0.5, 0.6) is 5.75 Å². The molecule has 6 nitrogen and oxygen atoms in total. The van der Waals surface area contributed by atoms with Gasteiger partial charge in [0.05, 0.1) is 10.8 Å². The highest BCUT2D eigenvalue weighted by Gasteiger charge is 2.43. The third kappa shape index (κ3) is 3.84. The Kier molecular flexibility index (Phi) is 4.59. The lowest BCUT2D eigenvalue weighted by Gasteiger charge is -2.19. The second-order valence-electron chi connectivity index (χ2n) is 6.31. The summed E-state index contributed by atoms with van der Waals surface area (Å²) in [4.78, 5) is 12.1. The van der Waals surface area contributed by atoms with Crippen molar-refractivity contribution in [3.63, 3.8) is 0 Å². The fourth-order valence-electron chi connectivity index (χ4n) is 3.67. The summed E-state index contributed by atoms with van der Waals surface area (Å²) >= 11 is 0. The number of primary sulfonamides is 1. The van der Waals surface area contributed by atoms with Crippen LogP contribution in [0.2, 0.25) is 0 Å². The molecule has 2 saturated carbocycles. The number of nitrogens with two attached hydrogens (primary N) is 1. The van der Waals surface area contributed by atoms with E-state index in [1.165, 1.54) is 37.1 Å². The molecule has 23 heavy (non-hydrogen) atoms. The number of fused-ring (bicyclic) bond motifs is 2. The largest absolute Gasteiger partial charge is 0.490 e. The third-order valence-electron chi connectivity index (χ3n) is 4.79. The minimum absolute atomic E-state index is 0.0348. The van der Waals surface area contributed by atoms with E-state index in [4.69, 9.17) is 14.6 Å². The summed E-state index contributed by atoms with van der Waals surface area (Å²) in [5.74, 6) is 1.70. The molecule has 3 atom stereocenters. The molecule has 1 aromatic carbocycles. The summed E-state index contributed by atoms with van der Waals surface area (Å²) in [7, 11) is -3.69. The predicted octanol–water partition coefficient (Wildman–Crippen LogP) is 1.69. The van der Waals surface area contributed by atoms with Crippen LogP contribution in [0.4, 0.5) is 0 Å². The molecule has 0 aromatic heterocycles. The Balaban J connectivity index is 1.40. The van der Waals surface area contributed by atoms with Crippen LogP contribution in [-0.4, -0.2) is 27.6 Å². The molecule has 2 N–H and O–H groups in total. The van der Waals surface area contributed by atoms with E-state index in [1.54, 1.807) is 0 Å². The van der Waals surface area contributed by atoms with E-state index in [1.807, 2.05) is 0 Å². The Hall–Kier alpha value is -1.60. The smallest absolute Gasteiger partial charge is 0.309 e. The second-order valence-corrected chi connectivity index (χ2v) is 7.88. The highest BCUT2D eigenvalue weighted by molar-refractivity contribution is 7.89. The number of ether oxygens (including phenoxy) is 2. The number of sulfonamides is 1. The normalized spacial score (nSPS) is 26.2. The molecule has 2 fully saturated rings. The maximum absolute atomic E-state index is 12.0. The number of benzene rings is 1. The number of rotatable bonds is 6. The van der Waals surface area contributed by atoms with E-state index in [0.29, 0.717) is 17.6 Å².